The Bertz CT molecular complexity index is 3110. The van der Waals surface area contributed by atoms with Crippen molar-refractivity contribution < 1.29 is 0 Å². The summed E-state index contributed by atoms with van der Waals surface area (Å²) in [7, 11) is 0. The number of para-hydroxylation sites is 2. The summed E-state index contributed by atoms with van der Waals surface area (Å²) in [6.07, 6.45) is 7.04. The Hall–Kier alpha value is -7.57. The first kappa shape index (κ1) is 33.7. The summed E-state index contributed by atoms with van der Waals surface area (Å²) < 4.78 is 2.37. The lowest BCUT2D eigenvalue weighted by molar-refractivity contribution is 0.661. The van der Waals surface area contributed by atoms with Crippen molar-refractivity contribution in [2.75, 3.05) is 0 Å². The lowest BCUT2D eigenvalue weighted by Gasteiger charge is -2.22. The fraction of sp³-hybridized carbons (Fsp3) is 0.0577. The van der Waals surface area contributed by atoms with Crippen molar-refractivity contribution >= 4 is 21.8 Å². The Kier molecular flexibility index (Phi) is 7.73. The monoisotopic (exact) mass is 744 g/mol. The first-order valence-corrected chi connectivity index (χ1v) is 19.6. The van der Waals surface area contributed by atoms with Crippen molar-refractivity contribution in [2.45, 2.75) is 19.3 Å². The number of benzene rings is 6. The van der Waals surface area contributed by atoms with Gasteiger partial charge in [-0.15, -0.1) is 0 Å². The van der Waals surface area contributed by atoms with Crippen molar-refractivity contribution in [3.63, 3.8) is 0 Å². The standard InChI is InChI=1S/C52H36N6/c1-52(2)45-29-36(33-16-18-34(19-17-33)49-55-50(38-10-8-26-53-31-38)57-51(56-49)39-11-9-27-54-32-39)20-23-41(45)42-24-21-37(30-46(42)52)35-22-25-48-44(28-35)43-14-6-7-15-47(43)58(48)40-12-4-3-5-13-40/h3-32H,1-2H3. The van der Waals surface area contributed by atoms with Crippen LogP contribution in [0.1, 0.15) is 25.0 Å². The van der Waals surface area contributed by atoms with Crippen LogP contribution in [0.25, 0.3) is 95.0 Å². The molecule has 58 heavy (non-hydrogen) atoms. The Balaban J connectivity index is 0.925. The highest BCUT2D eigenvalue weighted by Crippen LogP contribution is 2.51. The Labute approximate surface area is 336 Å². The predicted octanol–water partition coefficient (Wildman–Crippen LogP) is 12.4. The molecule has 0 fully saturated rings. The molecule has 0 bridgehead atoms. The van der Waals surface area contributed by atoms with E-state index >= 15 is 0 Å². The molecule has 6 nitrogen and oxygen atoms in total. The van der Waals surface area contributed by atoms with Crippen molar-refractivity contribution in [1.82, 2.24) is 29.5 Å². The molecule has 0 unspecified atom stereocenters. The number of fused-ring (bicyclic) bond motifs is 6. The van der Waals surface area contributed by atoms with Gasteiger partial charge in [0.25, 0.3) is 0 Å². The van der Waals surface area contributed by atoms with E-state index in [2.05, 4.69) is 162 Å². The highest BCUT2D eigenvalue weighted by atomic mass is 15.0. The fourth-order valence-electron chi connectivity index (χ4n) is 8.67. The van der Waals surface area contributed by atoms with Crippen LogP contribution >= 0.6 is 0 Å². The average molecular weight is 745 g/mol. The molecule has 0 saturated carbocycles. The summed E-state index contributed by atoms with van der Waals surface area (Å²) in [5.41, 5.74) is 16.0. The van der Waals surface area contributed by atoms with Crippen molar-refractivity contribution in [3.8, 4) is 73.2 Å². The number of hydrogen-bond donors (Lipinski definition) is 0. The number of nitrogens with zero attached hydrogens (tertiary/aromatic N) is 6. The minimum absolute atomic E-state index is 0.180. The van der Waals surface area contributed by atoms with Crippen LogP contribution < -0.4 is 0 Å². The normalized spacial score (nSPS) is 12.8. The summed E-state index contributed by atoms with van der Waals surface area (Å²) in [6, 6.07) is 56.4. The largest absolute Gasteiger partial charge is 0.309 e. The molecule has 0 saturated heterocycles. The van der Waals surface area contributed by atoms with Gasteiger partial charge in [-0.2, -0.15) is 0 Å². The van der Waals surface area contributed by atoms with E-state index in [1.54, 1.807) is 24.8 Å². The molecule has 0 atom stereocenters. The molecule has 6 heteroatoms. The van der Waals surface area contributed by atoms with Gasteiger partial charge in [-0.25, -0.2) is 15.0 Å². The van der Waals surface area contributed by atoms with Crippen LogP contribution in [0.15, 0.2) is 183 Å². The van der Waals surface area contributed by atoms with Gasteiger partial charge in [-0.3, -0.25) is 9.97 Å². The van der Waals surface area contributed by atoms with Crippen molar-refractivity contribution in [1.29, 1.82) is 0 Å². The van der Waals surface area contributed by atoms with Crippen LogP contribution in [0.3, 0.4) is 0 Å². The van der Waals surface area contributed by atoms with Gasteiger partial charge in [-0.05, 0) is 111 Å². The molecule has 0 amide bonds. The highest BCUT2D eigenvalue weighted by molar-refractivity contribution is 6.10. The summed E-state index contributed by atoms with van der Waals surface area (Å²) in [4.78, 5) is 23.1. The van der Waals surface area contributed by atoms with Gasteiger partial charge in [0, 0.05) is 63.4 Å². The maximum Gasteiger partial charge on any atom is 0.165 e. The quantitative estimate of drug-likeness (QED) is 0.170. The summed E-state index contributed by atoms with van der Waals surface area (Å²) in [5.74, 6) is 1.74. The van der Waals surface area contributed by atoms with Crippen LogP contribution in [0.4, 0.5) is 0 Å². The number of hydrogen-bond acceptors (Lipinski definition) is 5. The molecule has 6 aromatic carbocycles. The van der Waals surface area contributed by atoms with Crippen LogP contribution in [0.5, 0.6) is 0 Å². The first-order valence-electron chi connectivity index (χ1n) is 19.6. The smallest absolute Gasteiger partial charge is 0.165 e. The third-order valence-corrected chi connectivity index (χ3v) is 11.6. The maximum atomic E-state index is 4.88. The molecule has 0 spiro atoms. The van der Waals surface area contributed by atoms with Crippen LogP contribution in [-0.2, 0) is 5.41 Å². The van der Waals surface area contributed by atoms with E-state index in [-0.39, 0.29) is 5.41 Å². The lowest BCUT2D eigenvalue weighted by atomic mass is 9.81. The molecule has 11 rings (SSSR count). The van der Waals surface area contributed by atoms with Gasteiger partial charge in [0.2, 0.25) is 0 Å². The van der Waals surface area contributed by atoms with Gasteiger partial charge in [-0.1, -0.05) is 105 Å². The van der Waals surface area contributed by atoms with E-state index in [9.17, 15) is 0 Å². The zero-order valence-corrected chi connectivity index (χ0v) is 32.0. The molecular weight excluding hydrogens is 709 g/mol. The molecule has 0 radical (unpaired) electrons. The predicted molar refractivity (Wildman–Crippen MR) is 234 cm³/mol. The third-order valence-electron chi connectivity index (χ3n) is 11.6. The third kappa shape index (κ3) is 5.52. The van der Waals surface area contributed by atoms with E-state index in [0.717, 1.165) is 22.3 Å². The van der Waals surface area contributed by atoms with E-state index in [0.29, 0.717) is 17.5 Å². The molecule has 1 aliphatic rings. The van der Waals surface area contributed by atoms with Gasteiger partial charge in [0.1, 0.15) is 0 Å². The number of aromatic nitrogens is 6. The minimum atomic E-state index is -0.180. The van der Waals surface area contributed by atoms with E-state index in [4.69, 9.17) is 15.0 Å². The second kappa shape index (κ2) is 13.3. The van der Waals surface area contributed by atoms with Gasteiger partial charge in [0.15, 0.2) is 17.5 Å². The molecule has 1 aliphatic carbocycles. The van der Waals surface area contributed by atoms with E-state index in [1.165, 1.54) is 66.4 Å². The van der Waals surface area contributed by atoms with Gasteiger partial charge < -0.3 is 4.57 Å². The van der Waals surface area contributed by atoms with Crippen molar-refractivity contribution in [3.05, 3.63) is 194 Å². The summed E-state index contributed by atoms with van der Waals surface area (Å²) in [5, 5.41) is 2.52. The zero-order valence-electron chi connectivity index (χ0n) is 32.0. The van der Waals surface area contributed by atoms with E-state index < -0.39 is 0 Å². The molecule has 4 heterocycles. The molecule has 10 aromatic rings. The average Bonchev–Trinajstić information content (AvgIpc) is 3.74. The topological polar surface area (TPSA) is 69.4 Å². The molecular formula is C52H36N6. The molecule has 274 valence electrons. The minimum Gasteiger partial charge on any atom is -0.309 e. The maximum absolute atomic E-state index is 4.88. The highest BCUT2D eigenvalue weighted by Gasteiger charge is 2.36. The summed E-state index contributed by atoms with van der Waals surface area (Å²) in [6.45, 7) is 4.71. The fourth-order valence-corrected chi connectivity index (χ4v) is 8.67. The second-order valence-electron chi connectivity index (χ2n) is 15.4. The Morgan fingerprint density at radius 3 is 1.52 bits per heavy atom. The SMILES string of the molecule is CC1(C)c2cc(-c3ccc(-c4nc(-c5cccnc5)nc(-c5cccnc5)n4)cc3)ccc2-c2ccc(-c3ccc4c(c3)c3ccccc3n4-c3ccccc3)cc21. The van der Waals surface area contributed by atoms with E-state index in [1.807, 2.05) is 24.3 Å². The number of rotatable bonds is 6. The van der Waals surface area contributed by atoms with Crippen LogP contribution in [-0.4, -0.2) is 29.5 Å². The molecule has 0 N–H and O–H groups in total. The Morgan fingerprint density at radius 2 is 0.897 bits per heavy atom. The first-order chi connectivity index (χ1) is 28.5. The lowest BCUT2D eigenvalue weighted by Crippen LogP contribution is -2.15. The van der Waals surface area contributed by atoms with Crippen LogP contribution in [0, 0.1) is 0 Å². The Morgan fingerprint density at radius 1 is 0.397 bits per heavy atom. The molecule has 0 aliphatic heterocycles. The second-order valence-corrected chi connectivity index (χ2v) is 15.4. The van der Waals surface area contributed by atoms with Gasteiger partial charge in [0.05, 0.1) is 11.0 Å². The number of pyridine rings is 2. The van der Waals surface area contributed by atoms with Crippen molar-refractivity contribution in [2.24, 2.45) is 0 Å². The molecule has 4 aromatic heterocycles. The van der Waals surface area contributed by atoms with Crippen LogP contribution in [0.2, 0.25) is 0 Å². The van der Waals surface area contributed by atoms with Gasteiger partial charge >= 0.3 is 0 Å². The summed E-state index contributed by atoms with van der Waals surface area (Å²) >= 11 is 0. The zero-order chi connectivity index (χ0) is 38.8.